The number of fused-ring (bicyclic) bond motifs is 1. The average molecular weight is 377 g/mol. The molecule has 2 heterocycles. The Morgan fingerprint density at radius 1 is 1.11 bits per heavy atom. The molecule has 6 heteroatoms. The first-order valence-electron chi connectivity index (χ1n) is 9.36. The number of carbonyl (C=O) groups is 1. The molecule has 0 saturated carbocycles. The van der Waals surface area contributed by atoms with E-state index in [1.165, 1.54) is 0 Å². The molecule has 6 nitrogen and oxygen atoms in total. The number of nitrogens with zero attached hydrogens (tertiary/aromatic N) is 3. The van der Waals surface area contributed by atoms with Crippen LogP contribution in [0, 0.1) is 6.92 Å². The minimum Gasteiger partial charge on any atom is -0.472 e. The molecule has 0 radical (unpaired) electrons. The number of aryl methyl sites for hydroxylation is 1. The van der Waals surface area contributed by atoms with Gasteiger partial charge < -0.3 is 14.7 Å². The number of aliphatic hydroxyl groups is 1. The molecule has 3 aromatic rings. The Labute approximate surface area is 164 Å². The van der Waals surface area contributed by atoms with Gasteiger partial charge in [0.2, 0.25) is 5.88 Å². The van der Waals surface area contributed by atoms with E-state index in [0.717, 1.165) is 22.4 Å². The lowest BCUT2D eigenvalue weighted by atomic mass is 10.1. The second-order valence-electron chi connectivity index (χ2n) is 7.06. The van der Waals surface area contributed by atoms with E-state index in [4.69, 9.17) is 4.74 Å². The number of amides is 1. The summed E-state index contributed by atoms with van der Waals surface area (Å²) in [7, 11) is 0. The maximum absolute atomic E-state index is 12.7. The maximum atomic E-state index is 12.7. The standard InChI is InChI=1S/C22H23N3O3/c1-16-5-7-19(8-6-16)22(27)24-9-10-25-20(13-24)12-21(23-25)28-15-18-4-2-3-17(11-18)14-26/h2-8,11-12,26H,9-10,13-15H2,1H3. The number of benzene rings is 2. The van der Waals surface area contributed by atoms with Gasteiger partial charge in [0.25, 0.3) is 5.91 Å². The highest BCUT2D eigenvalue weighted by molar-refractivity contribution is 5.94. The highest BCUT2D eigenvalue weighted by Gasteiger charge is 2.23. The predicted octanol–water partition coefficient (Wildman–Crippen LogP) is 2.92. The minimum atomic E-state index is 0.0114. The van der Waals surface area contributed by atoms with Crippen molar-refractivity contribution in [1.29, 1.82) is 0 Å². The number of aromatic nitrogens is 2. The Morgan fingerprint density at radius 2 is 1.89 bits per heavy atom. The molecule has 4 rings (SSSR count). The summed E-state index contributed by atoms with van der Waals surface area (Å²) in [5.41, 5.74) is 4.65. The highest BCUT2D eigenvalue weighted by Crippen LogP contribution is 2.21. The molecule has 1 amide bonds. The lowest BCUT2D eigenvalue weighted by Gasteiger charge is -2.27. The smallest absolute Gasteiger partial charge is 0.254 e. The van der Waals surface area contributed by atoms with Gasteiger partial charge >= 0.3 is 0 Å². The quantitative estimate of drug-likeness (QED) is 0.742. The van der Waals surface area contributed by atoms with Crippen molar-refractivity contribution >= 4 is 5.91 Å². The molecule has 0 bridgehead atoms. The van der Waals surface area contributed by atoms with Gasteiger partial charge in [-0.05, 0) is 30.2 Å². The van der Waals surface area contributed by atoms with E-state index < -0.39 is 0 Å². The monoisotopic (exact) mass is 377 g/mol. The largest absolute Gasteiger partial charge is 0.472 e. The molecule has 1 aliphatic rings. The van der Waals surface area contributed by atoms with E-state index in [0.29, 0.717) is 37.7 Å². The number of carbonyl (C=O) groups excluding carboxylic acids is 1. The Kier molecular flexibility index (Phi) is 5.12. The SMILES string of the molecule is Cc1ccc(C(=O)N2CCn3nc(OCc4cccc(CO)c4)cc3C2)cc1. The van der Waals surface area contributed by atoms with E-state index in [2.05, 4.69) is 5.10 Å². The summed E-state index contributed by atoms with van der Waals surface area (Å²) in [4.78, 5) is 14.6. The lowest BCUT2D eigenvalue weighted by molar-refractivity contribution is 0.0706. The van der Waals surface area contributed by atoms with Crippen LogP contribution < -0.4 is 4.74 Å². The molecule has 0 fully saturated rings. The number of hydrogen-bond donors (Lipinski definition) is 1. The van der Waals surface area contributed by atoms with Gasteiger partial charge in [-0.2, -0.15) is 0 Å². The second-order valence-corrected chi connectivity index (χ2v) is 7.06. The fourth-order valence-electron chi connectivity index (χ4n) is 3.34. The van der Waals surface area contributed by atoms with Crippen LogP contribution in [0.5, 0.6) is 5.88 Å². The normalized spacial score (nSPS) is 13.3. The van der Waals surface area contributed by atoms with Crippen LogP contribution in [-0.2, 0) is 26.3 Å². The molecule has 1 N–H and O–H groups in total. The topological polar surface area (TPSA) is 67.6 Å². The summed E-state index contributed by atoms with van der Waals surface area (Å²) in [6.45, 7) is 4.20. The molecule has 1 aromatic heterocycles. The van der Waals surface area contributed by atoms with Gasteiger partial charge in [-0.3, -0.25) is 9.48 Å². The summed E-state index contributed by atoms with van der Waals surface area (Å²) >= 11 is 0. The van der Waals surface area contributed by atoms with Crippen LogP contribution in [0.2, 0.25) is 0 Å². The van der Waals surface area contributed by atoms with Crippen molar-refractivity contribution < 1.29 is 14.6 Å². The van der Waals surface area contributed by atoms with Crippen LogP contribution in [0.15, 0.2) is 54.6 Å². The molecule has 0 aliphatic carbocycles. The summed E-state index contributed by atoms with van der Waals surface area (Å²) < 4.78 is 7.72. The van der Waals surface area contributed by atoms with Crippen molar-refractivity contribution in [2.45, 2.75) is 33.2 Å². The van der Waals surface area contributed by atoms with Gasteiger partial charge in [-0.15, -0.1) is 5.10 Å². The van der Waals surface area contributed by atoms with Crippen molar-refractivity contribution in [3.05, 3.63) is 82.5 Å². The summed E-state index contributed by atoms with van der Waals surface area (Å²) in [6.07, 6.45) is 0. The van der Waals surface area contributed by atoms with Crippen molar-refractivity contribution in [3.63, 3.8) is 0 Å². The van der Waals surface area contributed by atoms with E-state index in [9.17, 15) is 9.90 Å². The van der Waals surface area contributed by atoms with Gasteiger partial charge in [0.15, 0.2) is 0 Å². The lowest BCUT2D eigenvalue weighted by Crippen LogP contribution is -2.38. The van der Waals surface area contributed by atoms with Crippen LogP contribution >= 0.6 is 0 Å². The number of aliphatic hydroxyl groups excluding tert-OH is 1. The summed E-state index contributed by atoms with van der Waals surface area (Å²) in [5.74, 6) is 0.588. The van der Waals surface area contributed by atoms with E-state index in [1.54, 1.807) is 0 Å². The van der Waals surface area contributed by atoms with Crippen LogP contribution in [0.1, 0.15) is 32.7 Å². The van der Waals surface area contributed by atoms with Crippen LogP contribution in [0.3, 0.4) is 0 Å². The zero-order chi connectivity index (χ0) is 19.5. The molecule has 2 aromatic carbocycles. The molecular weight excluding hydrogens is 354 g/mol. The summed E-state index contributed by atoms with van der Waals surface area (Å²) in [5, 5.41) is 13.7. The third-order valence-corrected chi connectivity index (χ3v) is 4.92. The molecule has 0 atom stereocenters. The third kappa shape index (κ3) is 3.92. The molecule has 0 unspecified atom stereocenters. The van der Waals surface area contributed by atoms with Crippen LogP contribution in [-0.4, -0.2) is 32.2 Å². The average Bonchev–Trinajstić information content (AvgIpc) is 3.14. The summed E-state index contributed by atoms with van der Waals surface area (Å²) in [6, 6.07) is 17.2. The van der Waals surface area contributed by atoms with Gasteiger partial charge in [0.1, 0.15) is 6.61 Å². The minimum absolute atomic E-state index is 0.0114. The van der Waals surface area contributed by atoms with Crippen LogP contribution in [0.25, 0.3) is 0 Å². The predicted molar refractivity (Wildman–Crippen MR) is 105 cm³/mol. The zero-order valence-corrected chi connectivity index (χ0v) is 15.8. The first kappa shape index (κ1) is 18.3. The van der Waals surface area contributed by atoms with Gasteiger partial charge in [-0.25, -0.2) is 0 Å². The second kappa shape index (κ2) is 7.86. The molecule has 144 valence electrons. The maximum Gasteiger partial charge on any atom is 0.254 e. The van der Waals surface area contributed by atoms with Crippen molar-refractivity contribution in [2.24, 2.45) is 0 Å². The van der Waals surface area contributed by atoms with Crippen molar-refractivity contribution in [2.75, 3.05) is 6.54 Å². The molecule has 0 saturated heterocycles. The fraction of sp³-hybridized carbons (Fsp3) is 0.273. The van der Waals surface area contributed by atoms with Crippen LogP contribution in [0.4, 0.5) is 0 Å². The van der Waals surface area contributed by atoms with Crippen molar-refractivity contribution in [1.82, 2.24) is 14.7 Å². The number of hydrogen-bond acceptors (Lipinski definition) is 4. The molecule has 28 heavy (non-hydrogen) atoms. The Balaban J connectivity index is 1.41. The number of rotatable bonds is 5. The first-order valence-corrected chi connectivity index (χ1v) is 9.36. The highest BCUT2D eigenvalue weighted by atomic mass is 16.5. The molecule has 0 spiro atoms. The Bertz CT molecular complexity index is 979. The Hall–Kier alpha value is -3.12. The number of ether oxygens (including phenoxy) is 1. The molecular formula is C22H23N3O3. The molecule has 1 aliphatic heterocycles. The van der Waals surface area contributed by atoms with Gasteiger partial charge in [0.05, 0.1) is 25.4 Å². The van der Waals surface area contributed by atoms with E-state index in [1.807, 2.05) is 71.1 Å². The van der Waals surface area contributed by atoms with Gasteiger partial charge in [0, 0.05) is 18.2 Å². The zero-order valence-electron chi connectivity index (χ0n) is 15.8. The first-order chi connectivity index (χ1) is 13.6. The van der Waals surface area contributed by atoms with E-state index >= 15 is 0 Å². The third-order valence-electron chi connectivity index (χ3n) is 4.92. The Morgan fingerprint density at radius 3 is 2.68 bits per heavy atom. The van der Waals surface area contributed by atoms with Crippen molar-refractivity contribution in [3.8, 4) is 5.88 Å². The van der Waals surface area contributed by atoms with Gasteiger partial charge in [-0.1, -0.05) is 42.0 Å². The van der Waals surface area contributed by atoms with E-state index in [-0.39, 0.29) is 12.5 Å². The fourth-order valence-corrected chi connectivity index (χ4v) is 3.34.